The number of hydrogen-bond acceptors (Lipinski definition) is 2. The van der Waals surface area contributed by atoms with Crippen LogP contribution in [0.2, 0.25) is 0 Å². The average Bonchev–Trinajstić information content (AvgIpc) is 2.47. The van der Waals surface area contributed by atoms with Gasteiger partial charge in [-0.2, -0.15) is 0 Å². The Hall–Kier alpha value is -2.20. The van der Waals surface area contributed by atoms with Crippen molar-refractivity contribution in [3.63, 3.8) is 0 Å². The first kappa shape index (κ1) is 14.7. The minimum absolute atomic E-state index is 0.326. The van der Waals surface area contributed by atoms with Gasteiger partial charge in [0.2, 0.25) is 0 Å². The molecule has 0 amide bonds. The third-order valence-corrected chi connectivity index (χ3v) is 4.24. The third kappa shape index (κ3) is 2.50. The molecule has 0 radical (unpaired) electrons. The van der Waals surface area contributed by atoms with E-state index in [-0.39, 0.29) is 0 Å². The molecule has 110 valence electrons. The van der Waals surface area contributed by atoms with Crippen molar-refractivity contribution < 1.29 is 9.90 Å². The van der Waals surface area contributed by atoms with Crippen LogP contribution < -0.4 is 0 Å². The summed E-state index contributed by atoms with van der Waals surface area (Å²) in [6.07, 6.45) is 0. The highest BCUT2D eigenvalue weighted by atomic mass is 79.9. The molecule has 0 aliphatic heterocycles. The van der Waals surface area contributed by atoms with Gasteiger partial charge in [0.25, 0.3) is 0 Å². The molecule has 0 spiro atoms. The summed E-state index contributed by atoms with van der Waals surface area (Å²) in [4.78, 5) is 16.4. The smallest absolute Gasteiger partial charge is 0.336 e. The summed E-state index contributed by atoms with van der Waals surface area (Å²) in [5.41, 5.74) is 4.35. The number of aromatic carboxylic acids is 1. The lowest BCUT2D eigenvalue weighted by atomic mass is 9.97. The van der Waals surface area contributed by atoms with Crippen molar-refractivity contribution in [1.82, 2.24) is 4.98 Å². The van der Waals surface area contributed by atoms with Crippen molar-refractivity contribution in [2.75, 3.05) is 0 Å². The predicted molar refractivity (Wildman–Crippen MR) is 91.3 cm³/mol. The number of carboxylic acids is 1. The second-order valence-corrected chi connectivity index (χ2v) is 6.21. The first-order valence-electron chi connectivity index (χ1n) is 6.87. The van der Waals surface area contributed by atoms with Crippen LogP contribution in [0.25, 0.3) is 22.2 Å². The molecule has 0 unspecified atom stereocenters. The van der Waals surface area contributed by atoms with Gasteiger partial charge >= 0.3 is 5.97 Å². The largest absolute Gasteiger partial charge is 0.478 e. The Morgan fingerprint density at radius 2 is 1.77 bits per heavy atom. The van der Waals surface area contributed by atoms with Crippen molar-refractivity contribution in [2.45, 2.75) is 13.8 Å². The summed E-state index contributed by atoms with van der Waals surface area (Å²) in [7, 11) is 0. The van der Waals surface area contributed by atoms with Gasteiger partial charge in [0.05, 0.1) is 16.8 Å². The number of hydrogen-bond donors (Lipinski definition) is 1. The summed E-state index contributed by atoms with van der Waals surface area (Å²) in [5, 5.41) is 10.3. The molecular weight excluding hydrogens is 342 g/mol. The van der Waals surface area contributed by atoms with E-state index >= 15 is 0 Å². The Bertz CT molecular complexity index is 886. The lowest BCUT2D eigenvalue weighted by Crippen LogP contribution is -2.05. The number of rotatable bonds is 2. The van der Waals surface area contributed by atoms with Crippen LogP contribution in [0.4, 0.5) is 0 Å². The molecule has 1 N–H and O–H groups in total. The van der Waals surface area contributed by atoms with Crippen molar-refractivity contribution in [3.8, 4) is 11.3 Å². The van der Waals surface area contributed by atoms with Gasteiger partial charge in [-0.1, -0.05) is 39.7 Å². The molecule has 0 atom stereocenters. The molecule has 0 saturated heterocycles. The highest BCUT2D eigenvalue weighted by molar-refractivity contribution is 9.10. The number of carbonyl (C=O) groups is 1. The van der Waals surface area contributed by atoms with E-state index in [0.717, 1.165) is 15.6 Å². The molecule has 4 heteroatoms. The summed E-state index contributed by atoms with van der Waals surface area (Å²) in [6.45, 7) is 3.76. The van der Waals surface area contributed by atoms with E-state index < -0.39 is 5.97 Å². The van der Waals surface area contributed by atoms with E-state index in [1.165, 1.54) is 0 Å². The number of benzene rings is 2. The second kappa shape index (κ2) is 5.54. The molecule has 0 fully saturated rings. The van der Waals surface area contributed by atoms with Gasteiger partial charge in [0, 0.05) is 15.4 Å². The van der Waals surface area contributed by atoms with E-state index in [2.05, 4.69) is 20.9 Å². The van der Waals surface area contributed by atoms with E-state index in [9.17, 15) is 9.90 Å². The molecule has 0 aliphatic rings. The molecular formula is C18H14BrNO2. The standard InChI is InChI=1S/C18H14BrNO2/c1-10-3-8-15-14(9-10)16(18(21)22)11(2)17(20-15)12-4-6-13(19)7-5-12/h3-9H,1-2H3,(H,21,22). The first-order chi connectivity index (χ1) is 10.5. The van der Waals surface area contributed by atoms with Crippen LogP contribution >= 0.6 is 15.9 Å². The van der Waals surface area contributed by atoms with Crippen LogP contribution in [0.3, 0.4) is 0 Å². The average molecular weight is 356 g/mol. The van der Waals surface area contributed by atoms with Crippen LogP contribution in [0.15, 0.2) is 46.9 Å². The van der Waals surface area contributed by atoms with Crippen molar-refractivity contribution >= 4 is 32.8 Å². The van der Waals surface area contributed by atoms with Gasteiger partial charge in [0.1, 0.15) is 0 Å². The van der Waals surface area contributed by atoms with Gasteiger partial charge in [-0.3, -0.25) is 0 Å². The van der Waals surface area contributed by atoms with Crippen molar-refractivity contribution in [2.24, 2.45) is 0 Å². The van der Waals surface area contributed by atoms with Crippen molar-refractivity contribution in [1.29, 1.82) is 0 Å². The summed E-state index contributed by atoms with van der Waals surface area (Å²) in [6, 6.07) is 13.4. The fraction of sp³-hybridized carbons (Fsp3) is 0.111. The fourth-order valence-corrected chi connectivity index (χ4v) is 2.90. The Kier molecular flexibility index (Phi) is 3.71. The quantitative estimate of drug-likeness (QED) is 0.705. The van der Waals surface area contributed by atoms with Gasteiger partial charge < -0.3 is 5.11 Å². The number of nitrogens with zero attached hydrogens (tertiary/aromatic N) is 1. The molecule has 2 aromatic carbocycles. The Morgan fingerprint density at radius 3 is 2.41 bits per heavy atom. The Balaban J connectivity index is 2.37. The third-order valence-electron chi connectivity index (χ3n) is 3.72. The monoisotopic (exact) mass is 355 g/mol. The first-order valence-corrected chi connectivity index (χ1v) is 7.67. The van der Waals surface area contributed by atoms with Crippen LogP contribution in [-0.4, -0.2) is 16.1 Å². The summed E-state index contributed by atoms with van der Waals surface area (Å²) in [5.74, 6) is -0.922. The molecule has 1 aromatic heterocycles. The van der Waals surface area contributed by atoms with Gasteiger partial charge in [-0.05, 0) is 43.7 Å². The molecule has 0 aliphatic carbocycles. The number of pyridine rings is 1. The molecule has 22 heavy (non-hydrogen) atoms. The van der Waals surface area contributed by atoms with Crippen LogP contribution in [0.1, 0.15) is 21.5 Å². The maximum atomic E-state index is 11.7. The van der Waals surface area contributed by atoms with E-state index in [1.54, 1.807) is 0 Å². The Morgan fingerprint density at radius 1 is 1.09 bits per heavy atom. The fourth-order valence-electron chi connectivity index (χ4n) is 2.64. The molecule has 3 rings (SSSR count). The maximum Gasteiger partial charge on any atom is 0.336 e. The highest BCUT2D eigenvalue weighted by Gasteiger charge is 2.18. The van der Waals surface area contributed by atoms with Gasteiger partial charge in [-0.25, -0.2) is 9.78 Å². The van der Waals surface area contributed by atoms with Gasteiger partial charge in [-0.15, -0.1) is 0 Å². The van der Waals surface area contributed by atoms with E-state index in [0.29, 0.717) is 27.7 Å². The number of aromatic nitrogens is 1. The predicted octanol–water partition coefficient (Wildman–Crippen LogP) is 4.98. The topological polar surface area (TPSA) is 50.2 Å². The van der Waals surface area contributed by atoms with Crippen LogP contribution in [-0.2, 0) is 0 Å². The summed E-state index contributed by atoms with van der Waals surface area (Å²) >= 11 is 3.41. The zero-order valence-corrected chi connectivity index (χ0v) is 13.8. The van der Waals surface area contributed by atoms with Crippen LogP contribution in [0.5, 0.6) is 0 Å². The highest BCUT2D eigenvalue weighted by Crippen LogP contribution is 2.30. The zero-order chi connectivity index (χ0) is 15.9. The Labute approximate surface area is 136 Å². The normalized spacial score (nSPS) is 10.9. The minimum Gasteiger partial charge on any atom is -0.478 e. The van der Waals surface area contributed by atoms with Crippen molar-refractivity contribution in [3.05, 3.63) is 63.6 Å². The maximum absolute atomic E-state index is 11.7. The number of carboxylic acid groups (broad SMARTS) is 1. The number of halogens is 1. The zero-order valence-electron chi connectivity index (χ0n) is 12.2. The molecule has 1 heterocycles. The molecule has 0 saturated carbocycles. The SMILES string of the molecule is Cc1ccc2nc(-c3ccc(Br)cc3)c(C)c(C(=O)O)c2c1. The molecule has 0 bridgehead atoms. The van der Waals surface area contributed by atoms with E-state index in [1.807, 2.05) is 56.3 Å². The number of fused-ring (bicyclic) bond motifs is 1. The lowest BCUT2D eigenvalue weighted by molar-refractivity contribution is 0.0698. The van der Waals surface area contributed by atoms with E-state index in [4.69, 9.17) is 0 Å². The molecule has 3 nitrogen and oxygen atoms in total. The van der Waals surface area contributed by atoms with Crippen LogP contribution in [0, 0.1) is 13.8 Å². The minimum atomic E-state index is -0.922. The summed E-state index contributed by atoms with van der Waals surface area (Å²) < 4.78 is 0.976. The molecule has 3 aromatic rings. The lowest BCUT2D eigenvalue weighted by Gasteiger charge is -2.12. The second-order valence-electron chi connectivity index (χ2n) is 5.29. The van der Waals surface area contributed by atoms with Gasteiger partial charge in [0.15, 0.2) is 0 Å². The number of aryl methyl sites for hydroxylation is 1.